The SMILES string of the molecule is CCCNCCCNc1cc(C(F)(F)F)cc2c1Cc1ccccc1S2. The smallest absolute Gasteiger partial charge is 0.385 e. The summed E-state index contributed by atoms with van der Waals surface area (Å²) < 4.78 is 39.9. The van der Waals surface area contributed by atoms with E-state index < -0.39 is 11.7 Å². The van der Waals surface area contributed by atoms with Crippen LogP contribution in [0.1, 0.15) is 36.5 Å². The van der Waals surface area contributed by atoms with Gasteiger partial charge in [0.05, 0.1) is 5.56 Å². The van der Waals surface area contributed by atoms with Gasteiger partial charge in [-0.25, -0.2) is 0 Å². The summed E-state index contributed by atoms with van der Waals surface area (Å²) in [5.41, 5.74) is 2.14. The zero-order valence-electron chi connectivity index (χ0n) is 14.7. The minimum atomic E-state index is -4.34. The third-order valence-electron chi connectivity index (χ3n) is 4.37. The van der Waals surface area contributed by atoms with E-state index in [1.807, 2.05) is 24.3 Å². The van der Waals surface area contributed by atoms with Gasteiger partial charge in [0.15, 0.2) is 0 Å². The third-order valence-corrected chi connectivity index (χ3v) is 5.57. The largest absolute Gasteiger partial charge is 0.416 e. The second-order valence-electron chi connectivity index (χ2n) is 6.42. The molecular formula is C20H23F3N2S. The number of nitrogens with one attached hydrogen (secondary N) is 2. The van der Waals surface area contributed by atoms with Crippen molar-refractivity contribution in [2.45, 2.75) is 42.2 Å². The van der Waals surface area contributed by atoms with Crippen LogP contribution in [0.25, 0.3) is 0 Å². The normalized spacial score (nSPS) is 13.2. The summed E-state index contributed by atoms with van der Waals surface area (Å²) in [4.78, 5) is 1.74. The Kier molecular flexibility index (Phi) is 6.14. The number of rotatable bonds is 7. The maximum Gasteiger partial charge on any atom is 0.416 e. The van der Waals surface area contributed by atoms with Crippen LogP contribution in [0.5, 0.6) is 0 Å². The fourth-order valence-electron chi connectivity index (χ4n) is 3.04. The molecule has 3 rings (SSSR count). The summed E-state index contributed by atoms with van der Waals surface area (Å²) in [5, 5.41) is 6.55. The van der Waals surface area contributed by atoms with Gasteiger partial charge in [-0.1, -0.05) is 36.9 Å². The maximum atomic E-state index is 13.3. The molecule has 1 aliphatic rings. The Morgan fingerprint density at radius 1 is 1.04 bits per heavy atom. The first kappa shape index (κ1) is 19.1. The fourth-order valence-corrected chi connectivity index (χ4v) is 4.18. The Hall–Kier alpha value is -1.66. The molecule has 0 aliphatic carbocycles. The molecule has 1 heterocycles. The van der Waals surface area contributed by atoms with Crippen molar-refractivity contribution < 1.29 is 13.2 Å². The van der Waals surface area contributed by atoms with Crippen LogP contribution in [0.4, 0.5) is 18.9 Å². The Morgan fingerprint density at radius 2 is 1.85 bits per heavy atom. The quantitative estimate of drug-likeness (QED) is 0.525. The zero-order chi connectivity index (χ0) is 18.6. The van der Waals surface area contributed by atoms with Crippen LogP contribution < -0.4 is 10.6 Å². The molecule has 26 heavy (non-hydrogen) atoms. The number of benzene rings is 2. The summed E-state index contributed by atoms with van der Waals surface area (Å²) in [5.74, 6) is 0. The molecule has 6 heteroatoms. The second kappa shape index (κ2) is 8.35. The zero-order valence-corrected chi connectivity index (χ0v) is 15.6. The van der Waals surface area contributed by atoms with Crippen molar-refractivity contribution in [3.05, 3.63) is 53.1 Å². The molecule has 0 saturated heterocycles. The number of anilines is 1. The van der Waals surface area contributed by atoms with Gasteiger partial charge in [-0.2, -0.15) is 13.2 Å². The average molecular weight is 380 g/mol. The third kappa shape index (κ3) is 4.54. The highest BCUT2D eigenvalue weighted by molar-refractivity contribution is 7.99. The Morgan fingerprint density at radius 3 is 2.62 bits per heavy atom. The molecule has 0 aromatic heterocycles. The van der Waals surface area contributed by atoms with Crippen LogP contribution >= 0.6 is 11.8 Å². The van der Waals surface area contributed by atoms with Crippen molar-refractivity contribution in [3.8, 4) is 0 Å². The molecule has 0 unspecified atom stereocenters. The van der Waals surface area contributed by atoms with E-state index in [2.05, 4.69) is 17.6 Å². The molecule has 2 aromatic carbocycles. The van der Waals surface area contributed by atoms with E-state index in [0.717, 1.165) is 42.0 Å². The monoisotopic (exact) mass is 380 g/mol. The first-order chi connectivity index (χ1) is 12.5. The Labute approximate surface area is 156 Å². The molecular weight excluding hydrogens is 357 g/mol. The van der Waals surface area contributed by atoms with Crippen molar-refractivity contribution in [3.63, 3.8) is 0 Å². The molecule has 0 fully saturated rings. The molecule has 2 nitrogen and oxygen atoms in total. The van der Waals surface area contributed by atoms with Gasteiger partial charge in [-0.3, -0.25) is 0 Å². The molecule has 0 spiro atoms. The maximum absolute atomic E-state index is 13.3. The van der Waals surface area contributed by atoms with Gasteiger partial charge in [0.25, 0.3) is 0 Å². The van der Waals surface area contributed by atoms with Crippen molar-refractivity contribution in [1.82, 2.24) is 5.32 Å². The molecule has 1 aliphatic heterocycles. The lowest BCUT2D eigenvalue weighted by molar-refractivity contribution is -0.137. The summed E-state index contributed by atoms with van der Waals surface area (Å²) in [6.07, 6.45) is -1.74. The van der Waals surface area contributed by atoms with Gasteiger partial charge in [-0.05, 0) is 55.3 Å². The van der Waals surface area contributed by atoms with Crippen LogP contribution in [0.2, 0.25) is 0 Å². The molecule has 2 aromatic rings. The van der Waals surface area contributed by atoms with Crippen molar-refractivity contribution in [2.24, 2.45) is 0 Å². The number of fused-ring (bicyclic) bond motifs is 2. The van der Waals surface area contributed by atoms with E-state index >= 15 is 0 Å². The lowest BCUT2D eigenvalue weighted by Gasteiger charge is -2.24. The number of halogens is 3. The molecule has 0 saturated carbocycles. The van der Waals surface area contributed by atoms with E-state index in [-0.39, 0.29) is 0 Å². The first-order valence-electron chi connectivity index (χ1n) is 8.93. The van der Waals surface area contributed by atoms with E-state index in [4.69, 9.17) is 0 Å². The van der Waals surface area contributed by atoms with Gasteiger partial charge in [-0.15, -0.1) is 0 Å². The molecule has 0 atom stereocenters. The van der Waals surface area contributed by atoms with Gasteiger partial charge >= 0.3 is 6.18 Å². The van der Waals surface area contributed by atoms with Crippen LogP contribution in [-0.4, -0.2) is 19.6 Å². The molecule has 0 amide bonds. The van der Waals surface area contributed by atoms with Gasteiger partial charge < -0.3 is 10.6 Å². The lowest BCUT2D eigenvalue weighted by Crippen LogP contribution is -2.19. The van der Waals surface area contributed by atoms with Gasteiger partial charge in [0.1, 0.15) is 0 Å². The van der Waals surface area contributed by atoms with E-state index in [1.54, 1.807) is 0 Å². The van der Waals surface area contributed by atoms with E-state index in [9.17, 15) is 13.2 Å². The number of hydrogen-bond donors (Lipinski definition) is 2. The average Bonchev–Trinajstić information content (AvgIpc) is 2.62. The highest BCUT2D eigenvalue weighted by atomic mass is 32.2. The molecule has 2 N–H and O–H groups in total. The standard InChI is InChI=1S/C20H23F3N2S/c1-2-8-24-9-5-10-25-17-12-15(20(21,22)23)13-19-16(17)11-14-6-3-4-7-18(14)26-19/h3-4,6-7,12-13,24-25H,2,5,8-11H2,1H3. The van der Waals surface area contributed by atoms with Crippen LogP contribution in [-0.2, 0) is 12.6 Å². The summed E-state index contributed by atoms with van der Waals surface area (Å²) in [7, 11) is 0. The van der Waals surface area contributed by atoms with Crippen molar-refractivity contribution >= 4 is 17.4 Å². The second-order valence-corrected chi connectivity index (χ2v) is 7.50. The summed E-state index contributed by atoms with van der Waals surface area (Å²) >= 11 is 1.42. The van der Waals surface area contributed by atoms with Crippen LogP contribution in [0.3, 0.4) is 0 Å². The van der Waals surface area contributed by atoms with E-state index in [0.29, 0.717) is 23.5 Å². The Balaban J connectivity index is 1.81. The van der Waals surface area contributed by atoms with Crippen molar-refractivity contribution in [1.29, 1.82) is 0 Å². The highest BCUT2D eigenvalue weighted by Crippen LogP contribution is 2.45. The Bertz CT molecular complexity index is 759. The van der Waals surface area contributed by atoms with Gasteiger partial charge in [0.2, 0.25) is 0 Å². The predicted molar refractivity (Wildman–Crippen MR) is 101 cm³/mol. The topological polar surface area (TPSA) is 24.1 Å². The molecule has 140 valence electrons. The minimum Gasteiger partial charge on any atom is -0.385 e. The van der Waals surface area contributed by atoms with E-state index in [1.165, 1.54) is 23.9 Å². The van der Waals surface area contributed by atoms with Gasteiger partial charge in [0, 0.05) is 28.4 Å². The fraction of sp³-hybridized carbons (Fsp3) is 0.400. The summed E-state index contributed by atoms with van der Waals surface area (Å²) in [6, 6.07) is 10.4. The molecule has 0 radical (unpaired) electrons. The summed E-state index contributed by atoms with van der Waals surface area (Å²) in [6.45, 7) is 4.58. The highest BCUT2D eigenvalue weighted by Gasteiger charge is 2.33. The lowest BCUT2D eigenvalue weighted by atomic mass is 10.00. The predicted octanol–water partition coefficient (Wildman–Crippen LogP) is 5.56. The number of alkyl halides is 3. The molecule has 0 bridgehead atoms. The number of hydrogen-bond acceptors (Lipinski definition) is 3. The van der Waals surface area contributed by atoms with Crippen LogP contribution in [0.15, 0.2) is 46.2 Å². The van der Waals surface area contributed by atoms with Crippen molar-refractivity contribution in [2.75, 3.05) is 25.0 Å². The first-order valence-corrected chi connectivity index (χ1v) is 9.75. The van der Waals surface area contributed by atoms with Crippen LogP contribution in [0, 0.1) is 0 Å². The minimum absolute atomic E-state index is 0.588.